The summed E-state index contributed by atoms with van der Waals surface area (Å²) in [6, 6.07) is 5.22. The topological polar surface area (TPSA) is 51.2 Å². The predicted octanol–water partition coefficient (Wildman–Crippen LogP) is 1.86. The van der Waals surface area contributed by atoms with E-state index in [1.54, 1.807) is 36.1 Å². The van der Waals surface area contributed by atoms with Crippen LogP contribution < -0.4 is 0 Å². The van der Waals surface area contributed by atoms with Gasteiger partial charge in [0.25, 0.3) is 0 Å². The number of aliphatic hydroxyl groups excluding tert-OH is 1. The molecule has 2 aromatic heterocycles. The van der Waals surface area contributed by atoms with E-state index in [0.29, 0.717) is 16.1 Å². The van der Waals surface area contributed by atoms with Gasteiger partial charge >= 0.3 is 0 Å². The standard InChI is InChI=1S/C9H9BrN2O2/c1-12-6(4-5-11-12)9(13)7-2-3-8(10)14-7/h2-5,9,13H,1H3. The highest BCUT2D eigenvalue weighted by atomic mass is 79.9. The Kier molecular flexibility index (Phi) is 2.43. The minimum atomic E-state index is -0.770. The lowest BCUT2D eigenvalue weighted by Gasteiger charge is -2.07. The largest absolute Gasteiger partial charge is 0.451 e. The molecule has 2 aromatic rings. The molecule has 0 saturated heterocycles. The molecule has 74 valence electrons. The second kappa shape index (κ2) is 3.59. The van der Waals surface area contributed by atoms with E-state index < -0.39 is 6.10 Å². The SMILES string of the molecule is Cn1nccc1C(O)c1ccc(Br)o1. The van der Waals surface area contributed by atoms with Gasteiger partial charge in [0.05, 0.1) is 5.69 Å². The molecule has 0 saturated carbocycles. The molecule has 5 heteroatoms. The molecule has 0 fully saturated rings. The van der Waals surface area contributed by atoms with Gasteiger partial charge in [-0.3, -0.25) is 4.68 Å². The van der Waals surface area contributed by atoms with Crippen LogP contribution in [-0.2, 0) is 7.05 Å². The van der Waals surface area contributed by atoms with Crippen LogP contribution in [0.3, 0.4) is 0 Å². The summed E-state index contributed by atoms with van der Waals surface area (Å²) in [5, 5.41) is 13.9. The first-order valence-corrected chi connectivity index (χ1v) is 4.89. The van der Waals surface area contributed by atoms with Crippen molar-refractivity contribution < 1.29 is 9.52 Å². The van der Waals surface area contributed by atoms with Crippen LogP contribution in [0.5, 0.6) is 0 Å². The summed E-state index contributed by atoms with van der Waals surface area (Å²) in [7, 11) is 1.77. The van der Waals surface area contributed by atoms with Crippen molar-refractivity contribution in [1.82, 2.24) is 9.78 Å². The summed E-state index contributed by atoms with van der Waals surface area (Å²) >= 11 is 3.18. The van der Waals surface area contributed by atoms with Crippen molar-refractivity contribution in [1.29, 1.82) is 0 Å². The van der Waals surface area contributed by atoms with Gasteiger partial charge in [0.1, 0.15) is 5.76 Å². The molecule has 0 aliphatic heterocycles. The van der Waals surface area contributed by atoms with Gasteiger partial charge in [-0.05, 0) is 34.1 Å². The van der Waals surface area contributed by atoms with E-state index in [4.69, 9.17) is 4.42 Å². The number of aromatic nitrogens is 2. The molecule has 0 aliphatic carbocycles. The molecular formula is C9H9BrN2O2. The highest BCUT2D eigenvalue weighted by molar-refractivity contribution is 9.10. The first kappa shape index (κ1) is 9.48. The number of halogens is 1. The van der Waals surface area contributed by atoms with Gasteiger partial charge in [-0.2, -0.15) is 5.10 Å². The molecule has 1 N–H and O–H groups in total. The van der Waals surface area contributed by atoms with Crippen LogP contribution in [0.1, 0.15) is 17.6 Å². The van der Waals surface area contributed by atoms with Gasteiger partial charge in [0.15, 0.2) is 10.8 Å². The Bertz CT molecular complexity index is 435. The number of aryl methyl sites for hydroxylation is 1. The Hall–Kier alpha value is -1.07. The normalized spacial score (nSPS) is 13.1. The zero-order valence-electron chi connectivity index (χ0n) is 7.51. The number of hydrogen-bond acceptors (Lipinski definition) is 3. The molecule has 2 heterocycles. The molecule has 0 bridgehead atoms. The molecule has 0 aliphatic rings. The van der Waals surface area contributed by atoms with Crippen LogP contribution in [0.25, 0.3) is 0 Å². The Morgan fingerprint density at radius 2 is 2.29 bits per heavy atom. The molecule has 4 nitrogen and oxygen atoms in total. The molecule has 0 radical (unpaired) electrons. The van der Waals surface area contributed by atoms with Crippen LogP contribution in [0.2, 0.25) is 0 Å². The summed E-state index contributed by atoms with van der Waals surface area (Å²) in [6.07, 6.45) is 0.866. The fourth-order valence-corrected chi connectivity index (χ4v) is 1.59. The Labute approximate surface area is 89.3 Å². The van der Waals surface area contributed by atoms with Gasteiger partial charge in [0, 0.05) is 13.2 Å². The Morgan fingerprint density at radius 1 is 1.50 bits per heavy atom. The number of furan rings is 1. The summed E-state index contributed by atoms with van der Waals surface area (Å²) in [4.78, 5) is 0. The summed E-state index contributed by atoms with van der Waals surface area (Å²) < 4.78 is 7.47. The first-order chi connectivity index (χ1) is 6.68. The molecule has 1 atom stereocenters. The van der Waals surface area contributed by atoms with E-state index in [9.17, 15) is 5.11 Å². The van der Waals surface area contributed by atoms with Crippen molar-refractivity contribution in [3.63, 3.8) is 0 Å². The highest BCUT2D eigenvalue weighted by Gasteiger charge is 2.17. The van der Waals surface area contributed by atoms with Crippen molar-refractivity contribution in [2.45, 2.75) is 6.10 Å². The van der Waals surface area contributed by atoms with Crippen molar-refractivity contribution in [2.75, 3.05) is 0 Å². The van der Waals surface area contributed by atoms with Crippen LogP contribution in [-0.4, -0.2) is 14.9 Å². The lowest BCUT2D eigenvalue weighted by molar-refractivity contribution is 0.178. The van der Waals surface area contributed by atoms with E-state index >= 15 is 0 Å². The van der Waals surface area contributed by atoms with Crippen LogP contribution >= 0.6 is 15.9 Å². The maximum Gasteiger partial charge on any atom is 0.169 e. The van der Waals surface area contributed by atoms with Crippen molar-refractivity contribution in [3.05, 3.63) is 40.5 Å². The predicted molar refractivity (Wildman–Crippen MR) is 53.7 cm³/mol. The van der Waals surface area contributed by atoms with Crippen molar-refractivity contribution in [3.8, 4) is 0 Å². The number of nitrogens with zero attached hydrogens (tertiary/aromatic N) is 2. The van der Waals surface area contributed by atoms with Gasteiger partial charge in [-0.1, -0.05) is 0 Å². The lowest BCUT2D eigenvalue weighted by Crippen LogP contribution is -2.05. The summed E-state index contributed by atoms with van der Waals surface area (Å²) in [6.45, 7) is 0. The first-order valence-electron chi connectivity index (χ1n) is 4.09. The van der Waals surface area contributed by atoms with Gasteiger partial charge in [-0.25, -0.2) is 0 Å². The molecule has 14 heavy (non-hydrogen) atoms. The molecule has 0 amide bonds. The molecule has 1 unspecified atom stereocenters. The average molecular weight is 257 g/mol. The second-order valence-corrected chi connectivity index (χ2v) is 3.71. The zero-order valence-corrected chi connectivity index (χ0v) is 9.10. The quantitative estimate of drug-likeness (QED) is 0.893. The smallest absolute Gasteiger partial charge is 0.169 e. The highest BCUT2D eigenvalue weighted by Crippen LogP contribution is 2.25. The zero-order chi connectivity index (χ0) is 10.1. The number of hydrogen-bond donors (Lipinski definition) is 1. The lowest BCUT2D eigenvalue weighted by atomic mass is 10.2. The number of rotatable bonds is 2. The van der Waals surface area contributed by atoms with Gasteiger partial charge < -0.3 is 9.52 Å². The van der Waals surface area contributed by atoms with Gasteiger partial charge in [0.2, 0.25) is 0 Å². The van der Waals surface area contributed by atoms with E-state index in [1.165, 1.54) is 0 Å². The minimum Gasteiger partial charge on any atom is -0.451 e. The number of aliphatic hydroxyl groups is 1. The maximum atomic E-state index is 9.90. The third kappa shape index (κ3) is 1.60. The van der Waals surface area contributed by atoms with Crippen molar-refractivity contribution >= 4 is 15.9 Å². The summed E-state index contributed by atoms with van der Waals surface area (Å²) in [5.41, 5.74) is 0.701. The maximum absolute atomic E-state index is 9.90. The minimum absolute atomic E-state index is 0.500. The molecule has 0 aromatic carbocycles. The van der Waals surface area contributed by atoms with Crippen LogP contribution in [0, 0.1) is 0 Å². The van der Waals surface area contributed by atoms with E-state index in [0.717, 1.165) is 0 Å². The van der Waals surface area contributed by atoms with E-state index in [2.05, 4.69) is 21.0 Å². The van der Waals surface area contributed by atoms with Crippen LogP contribution in [0.4, 0.5) is 0 Å². The average Bonchev–Trinajstić information content (AvgIpc) is 2.73. The van der Waals surface area contributed by atoms with Gasteiger partial charge in [-0.15, -0.1) is 0 Å². The van der Waals surface area contributed by atoms with Crippen molar-refractivity contribution in [2.24, 2.45) is 7.05 Å². The van der Waals surface area contributed by atoms with Crippen LogP contribution in [0.15, 0.2) is 33.5 Å². The fourth-order valence-electron chi connectivity index (χ4n) is 1.27. The summed E-state index contributed by atoms with van der Waals surface area (Å²) in [5.74, 6) is 0.500. The monoisotopic (exact) mass is 256 g/mol. The van der Waals surface area contributed by atoms with E-state index in [1.807, 2.05) is 0 Å². The molecular weight excluding hydrogens is 248 g/mol. The third-order valence-electron chi connectivity index (χ3n) is 2.00. The third-order valence-corrected chi connectivity index (χ3v) is 2.43. The fraction of sp³-hybridized carbons (Fsp3) is 0.222. The Morgan fingerprint density at radius 3 is 2.79 bits per heavy atom. The Balaban J connectivity index is 2.33. The molecule has 2 rings (SSSR count). The molecule has 0 spiro atoms. The second-order valence-electron chi connectivity index (χ2n) is 2.92. The van der Waals surface area contributed by atoms with E-state index in [-0.39, 0.29) is 0 Å².